The molecule has 0 fully saturated rings. The highest BCUT2D eigenvalue weighted by atomic mass is 16.5. The van der Waals surface area contributed by atoms with Gasteiger partial charge in [0.05, 0.1) is 7.11 Å². The largest absolute Gasteiger partial charge is 0.467 e. The Kier molecular flexibility index (Phi) is 3.65. The average Bonchev–Trinajstić information content (AvgIpc) is 2.55. The molecular formula is C18H19NO2. The van der Waals surface area contributed by atoms with Gasteiger partial charge in [-0.3, -0.25) is 0 Å². The van der Waals surface area contributed by atoms with Crippen LogP contribution in [0.1, 0.15) is 24.0 Å². The van der Waals surface area contributed by atoms with Gasteiger partial charge >= 0.3 is 5.97 Å². The lowest BCUT2D eigenvalue weighted by Gasteiger charge is -2.38. The molecule has 0 bridgehead atoms. The fourth-order valence-electron chi connectivity index (χ4n) is 3.17. The van der Waals surface area contributed by atoms with Gasteiger partial charge in [-0.1, -0.05) is 42.5 Å². The zero-order valence-corrected chi connectivity index (χ0v) is 12.1. The zero-order chi connectivity index (χ0) is 14.7. The van der Waals surface area contributed by atoms with Gasteiger partial charge in [-0.25, -0.2) is 4.79 Å². The molecule has 21 heavy (non-hydrogen) atoms. The van der Waals surface area contributed by atoms with Crippen LogP contribution in [0.5, 0.6) is 0 Å². The standard InChI is InChI=1S/C18H19NO2/c1-21-17(20)18(19-15-10-3-2-4-11-15)13-7-9-14-8-5-6-12-16(14)18/h2-6,8,10-12,19H,7,9,13H2,1H3. The highest BCUT2D eigenvalue weighted by Gasteiger charge is 2.44. The molecule has 3 heteroatoms. The van der Waals surface area contributed by atoms with Gasteiger partial charge in [0.15, 0.2) is 5.54 Å². The highest BCUT2D eigenvalue weighted by Crippen LogP contribution is 2.39. The number of ether oxygens (including phenoxy) is 1. The van der Waals surface area contributed by atoms with Gasteiger partial charge in [-0.15, -0.1) is 0 Å². The molecule has 0 aromatic heterocycles. The van der Waals surface area contributed by atoms with Gasteiger partial charge in [0.25, 0.3) is 0 Å². The van der Waals surface area contributed by atoms with E-state index in [0.29, 0.717) is 0 Å². The summed E-state index contributed by atoms with van der Waals surface area (Å²) < 4.78 is 5.12. The molecule has 0 saturated carbocycles. The van der Waals surface area contributed by atoms with Gasteiger partial charge in [0, 0.05) is 5.69 Å². The molecule has 3 rings (SSSR count). The van der Waals surface area contributed by atoms with Crippen LogP contribution in [-0.4, -0.2) is 13.1 Å². The fourth-order valence-corrected chi connectivity index (χ4v) is 3.17. The van der Waals surface area contributed by atoms with Crippen molar-refractivity contribution in [2.24, 2.45) is 0 Å². The second-order valence-corrected chi connectivity index (χ2v) is 5.40. The number of rotatable bonds is 3. The number of nitrogens with one attached hydrogen (secondary N) is 1. The maximum Gasteiger partial charge on any atom is 0.336 e. The summed E-state index contributed by atoms with van der Waals surface area (Å²) >= 11 is 0. The Bertz CT molecular complexity index is 639. The van der Waals surface area contributed by atoms with E-state index in [1.165, 1.54) is 12.7 Å². The third-order valence-electron chi connectivity index (χ3n) is 4.14. The maximum absolute atomic E-state index is 12.6. The number of carbonyl (C=O) groups excluding carboxylic acids is 1. The van der Waals surface area contributed by atoms with Gasteiger partial charge in [0.2, 0.25) is 0 Å². The van der Waals surface area contributed by atoms with Crippen molar-refractivity contribution >= 4 is 11.7 Å². The number of hydrogen-bond acceptors (Lipinski definition) is 3. The topological polar surface area (TPSA) is 38.3 Å². The molecule has 0 amide bonds. The van der Waals surface area contributed by atoms with Crippen molar-refractivity contribution in [3.63, 3.8) is 0 Å². The Morgan fingerprint density at radius 1 is 1.10 bits per heavy atom. The predicted octanol–water partition coefficient (Wildman–Crippen LogP) is 3.50. The molecule has 1 atom stereocenters. The van der Waals surface area contributed by atoms with E-state index in [1.54, 1.807) is 0 Å². The minimum absolute atomic E-state index is 0.224. The monoisotopic (exact) mass is 281 g/mol. The summed E-state index contributed by atoms with van der Waals surface area (Å²) in [4.78, 5) is 12.6. The van der Waals surface area contributed by atoms with Crippen molar-refractivity contribution in [2.75, 3.05) is 12.4 Å². The van der Waals surface area contributed by atoms with E-state index in [-0.39, 0.29) is 5.97 Å². The van der Waals surface area contributed by atoms with Crippen LogP contribution >= 0.6 is 0 Å². The third-order valence-corrected chi connectivity index (χ3v) is 4.14. The number of hydrogen-bond donors (Lipinski definition) is 1. The molecule has 1 unspecified atom stereocenters. The molecule has 0 aliphatic heterocycles. The van der Waals surface area contributed by atoms with Crippen molar-refractivity contribution in [1.82, 2.24) is 0 Å². The van der Waals surface area contributed by atoms with Crippen LogP contribution in [0.4, 0.5) is 5.69 Å². The summed E-state index contributed by atoms with van der Waals surface area (Å²) in [5.74, 6) is -0.224. The second-order valence-electron chi connectivity index (χ2n) is 5.40. The number of anilines is 1. The van der Waals surface area contributed by atoms with Crippen molar-refractivity contribution in [3.8, 4) is 0 Å². The zero-order valence-electron chi connectivity index (χ0n) is 12.1. The van der Waals surface area contributed by atoms with Crippen LogP contribution in [-0.2, 0) is 21.5 Å². The van der Waals surface area contributed by atoms with E-state index in [4.69, 9.17) is 4.74 Å². The van der Waals surface area contributed by atoms with E-state index in [2.05, 4.69) is 11.4 Å². The lowest BCUT2D eigenvalue weighted by atomic mass is 9.76. The number of esters is 1. The normalized spacial score (nSPS) is 20.4. The van der Waals surface area contributed by atoms with Gasteiger partial charge in [0.1, 0.15) is 0 Å². The number of fused-ring (bicyclic) bond motifs is 1. The first-order chi connectivity index (χ1) is 10.3. The Balaban J connectivity index is 2.09. The lowest BCUT2D eigenvalue weighted by molar-refractivity contribution is -0.147. The molecule has 1 N–H and O–H groups in total. The molecule has 2 aromatic carbocycles. The summed E-state index contributed by atoms with van der Waals surface area (Å²) in [6.07, 6.45) is 2.71. The quantitative estimate of drug-likeness (QED) is 0.875. The van der Waals surface area contributed by atoms with Crippen LogP contribution in [0.3, 0.4) is 0 Å². The number of methoxy groups -OCH3 is 1. The molecule has 1 aliphatic rings. The molecule has 0 radical (unpaired) electrons. The Morgan fingerprint density at radius 3 is 2.57 bits per heavy atom. The SMILES string of the molecule is COC(=O)C1(Nc2ccccc2)CCCc2ccccc21. The van der Waals surface area contributed by atoms with Crippen LogP contribution in [0.2, 0.25) is 0 Å². The molecule has 0 saturated heterocycles. The summed E-state index contributed by atoms with van der Waals surface area (Å²) in [5.41, 5.74) is 2.40. The summed E-state index contributed by atoms with van der Waals surface area (Å²) in [5, 5.41) is 3.43. The summed E-state index contributed by atoms with van der Waals surface area (Å²) in [6.45, 7) is 0. The molecular weight excluding hydrogens is 262 g/mol. The first-order valence-corrected chi connectivity index (χ1v) is 7.26. The van der Waals surface area contributed by atoms with Gasteiger partial charge in [-0.05, 0) is 42.5 Å². The first-order valence-electron chi connectivity index (χ1n) is 7.26. The fraction of sp³-hybridized carbons (Fsp3) is 0.278. The lowest BCUT2D eigenvalue weighted by Crippen LogP contribution is -2.46. The molecule has 1 aliphatic carbocycles. The Labute approximate surface area is 124 Å². The van der Waals surface area contributed by atoms with E-state index in [9.17, 15) is 4.79 Å². The van der Waals surface area contributed by atoms with Crippen LogP contribution in [0.25, 0.3) is 0 Å². The minimum Gasteiger partial charge on any atom is -0.467 e. The first kappa shape index (κ1) is 13.7. The molecule has 2 aromatic rings. The van der Waals surface area contributed by atoms with Crippen LogP contribution < -0.4 is 5.32 Å². The second kappa shape index (κ2) is 5.60. The molecule has 0 spiro atoms. The van der Waals surface area contributed by atoms with E-state index in [0.717, 1.165) is 30.5 Å². The Morgan fingerprint density at radius 2 is 1.81 bits per heavy atom. The maximum atomic E-state index is 12.6. The van der Waals surface area contributed by atoms with Crippen molar-refractivity contribution < 1.29 is 9.53 Å². The molecule has 3 nitrogen and oxygen atoms in total. The van der Waals surface area contributed by atoms with Gasteiger partial charge < -0.3 is 10.1 Å². The summed E-state index contributed by atoms with van der Waals surface area (Å²) in [7, 11) is 1.45. The van der Waals surface area contributed by atoms with Crippen molar-refractivity contribution in [2.45, 2.75) is 24.8 Å². The highest BCUT2D eigenvalue weighted by molar-refractivity contribution is 5.87. The smallest absolute Gasteiger partial charge is 0.336 e. The molecule has 0 heterocycles. The van der Waals surface area contributed by atoms with Crippen molar-refractivity contribution in [1.29, 1.82) is 0 Å². The predicted molar refractivity (Wildman–Crippen MR) is 83.1 cm³/mol. The Hall–Kier alpha value is -2.29. The number of para-hydroxylation sites is 1. The number of benzene rings is 2. The molecule has 108 valence electrons. The van der Waals surface area contributed by atoms with Crippen molar-refractivity contribution in [3.05, 3.63) is 65.7 Å². The van der Waals surface area contributed by atoms with Crippen LogP contribution in [0, 0.1) is 0 Å². The van der Waals surface area contributed by atoms with E-state index in [1.807, 2.05) is 48.5 Å². The van der Waals surface area contributed by atoms with E-state index >= 15 is 0 Å². The van der Waals surface area contributed by atoms with E-state index < -0.39 is 5.54 Å². The third kappa shape index (κ3) is 2.40. The minimum atomic E-state index is -0.787. The average molecular weight is 281 g/mol. The number of aryl methyl sites for hydroxylation is 1. The van der Waals surface area contributed by atoms with Crippen LogP contribution in [0.15, 0.2) is 54.6 Å². The summed E-state index contributed by atoms with van der Waals surface area (Å²) in [6, 6.07) is 18.0. The van der Waals surface area contributed by atoms with Gasteiger partial charge in [-0.2, -0.15) is 0 Å². The number of carbonyl (C=O) groups is 1.